The van der Waals surface area contributed by atoms with Gasteiger partial charge in [-0.05, 0) is 62.3 Å². The SMILES string of the molecule is CCCCNC(=O)CNC(=O)C1CCC(CNS(=O)(=O)c2ccc(F)cc2)CC1. The third-order valence-electron chi connectivity index (χ3n) is 5.18. The van der Waals surface area contributed by atoms with E-state index in [-0.39, 0.29) is 41.6 Å². The molecule has 0 heterocycles. The number of carbonyl (C=O) groups excluding carboxylic acids is 2. The molecule has 1 fully saturated rings. The Morgan fingerprint density at radius 3 is 2.34 bits per heavy atom. The average molecular weight is 428 g/mol. The lowest BCUT2D eigenvalue weighted by Gasteiger charge is -2.27. The summed E-state index contributed by atoms with van der Waals surface area (Å²) in [6.07, 6.45) is 4.68. The highest BCUT2D eigenvalue weighted by Gasteiger charge is 2.27. The van der Waals surface area contributed by atoms with Crippen molar-refractivity contribution in [1.29, 1.82) is 0 Å². The minimum Gasteiger partial charge on any atom is -0.355 e. The van der Waals surface area contributed by atoms with Crippen molar-refractivity contribution in [2.75, 3.05) is 19.6 Å². The van der Waals surface area contributed by atoms with Crippen molar-refractivity contribution in [2.45, 2.75) is 50.3 Å². The lowest BCUT2D eigenvalue weighted by Crippen LogP contribution is -2.41. The predicted octanol–water partition coefficient (Wildman–Crippen LogP) is 1.94. The molecule has 1 aliphatic rings. The minimum atomic E-state index is -3.67. The van der Waals surface area contributed by atoms with Gasteiger partial charge in [0.05, 0.1) is 11.4 Å². The Bertz CT molecular complexity index is 775. The van der Waals surface area contributed by atoms with Crippen LogP contribution < -0.4 is 15.4 Å². The van der Waals surface area contributed by atoms with Gasteiger partial charge >= 0.3 is 0 Å². The van der Waals surface area contributed by atoms with E-state index < -0.39 is 15.8 Å². The summed E-state index contributed by atoms with van der Waals surface area (Å²) in [6.45, 7) is 2.93. The number of unbranched alkanes of at least 4 members (excludes halogenated alkanes) is 1. The minimum absolute atomic E-state index is 0.0139. The standard InChI is InChI=1S/C20H30FN3O4S/c1-2-3-12-22-19(25)14-23-20(26)16-6-4-15(5-7-16)13-24-29(27,28)18-10-8-17(21)9-11-18/h8-11,15-16,24H,2-7,12-14H2,1H3,(H,22,25)(H,23,26). The maximum Gasteiger partial charge on any atom is 0.240 e. The van der Waals surface area contributed by atoms with E-state index in [9.17, 15) is 22.4 Å². The molecular weight excluding hydrogens is 397 g/mol. The zero-order chi connectivity index (χ0) is 21.3. The molecule has 1 aromatic rings. The number of hydrogen-bond acceptors (Lipinski definition) is 4. The summed E-state index contributed by atoms with van der Waals surface area (Å²) in [7, 11) is -3.67. The molecule has 1 aromatic carbocycles. The Labute approximate surface area is 171 Å². The van der Waals surface area contributed by atoms with Crippen molar-refractivity contribution in [1.82, 2.24) is 15.4 Å². The van der Waals surface area contributed by atoms with Gasteiger partial charge in [-0.3, -0.25) is 9.59 Å². The number of carbonyl (C=O) groups is 2. The Morgan fingerprint density at radius 2 is 1.72 bits per heavy atom. The van der Waals surface area contributed by atoms with Gasteiger partial charge in [-0.25, -0.2) is 17.5 Å². The van der Waals surface area contributed by atoms with Crippen LogP contribution in [0.4, 0.5) is 4.39 Å². The van der Waals surface area contributed by atoms with E-state index in [0.29, 0.717) is 19.4 Å². The van der Waals surface area contributed by atoms with Crippen LogP contribution in [0.15, 0.2) is 29.2 Å². The van der Waals surface area contributed by atoms with Crippen LogP contribution in [-0.2, 0) is 19.6 Å². The molecule has 2 rings (SSSR count). The fourth-order valence-corrected chi connectivity index (χ4v) is 4.45. The van der Waals surface area contributed by atoms with Crippen LogP contribution in [0, 0.1) is 17.7 Å². The number of amides is 2. The second-order valence-electron chi connectivity index (χ2n) is 7.44. The largest absolute Gasteiger partial charge is 0.355 e. The highest BCUT2D eigenvalue weighted by molar-refractivity contribution is 7.89. The van der Waals surface area contributed by atoms with Gasteiger partial charge in [0, 0.05) is 19.0 Å². The Hall–Kier alpha value is -2.00. The molecule has 0 radical (unpaired) electrons. The first-order chi connectivity index (χ1) is 13.8. The van der Waals surface area contributed by atoms with E-state index in [1.807, 2.05) is 6.92 Å². The first-order valence-corrected chi connectivity index (χ1v) is 11.6. The molecule has 162 valence electrons. The molecule has 0 aromatic heterocycles. The lowest BCUT2D eigenvalue weighted by molar-refractivity contribution is -0.129. The molecule has 29 heavy (non-hydrogen) atoms. The predicted molar refractivity (Wildman–Crippen MR) is 108 cm³/mol. The molecule has 3 N–H and O–H groups in total. The first-order valence-electron chi connectivity index (χ1n) is 10.1. The van der Waals surface area contributed by atoms with Gasteiger partial charge in [-0.15, -0.1) is 0 Å². The second kappa shape index (κ2) is 11.3. The van der Waals surface area contributed by atoms with Gasteiger partial charge in [0.1, 0.15) is 5.82 Å². The maximum absolute atomic E-state index is 13.0. The quantitative estimate of drug-likeness (QED) is 0.496. The third kappa shape index (κ3) is 7.74. The highest BCUT2D eigenvalue weighted by atomic mass is 32.2. The normalized spacial score (nSPS) is 19.5. The average Bonchev–Trinajstić information content (AvgIpc) is 2.71. The summed E-state index contributed by atoms with van der Waals surface area (Å²) in [5.41, 5.74) is 0. The van der Waals surface area contributed by atoms with Crippen LogP contribution in [0.5, 0.6) is 0 Å². The molecular formula is C20H30FN3O4S. The van der Waals surface area contributed by atoms with Crippen LogP contribution in [0.25, 0.3) is 0 Å². The molecule has 0 unspecified atom stereocenters. The van der Waals surface area contributed by atoms with Gasteiger partial charge in [0.15, 0.2) is 0 Å². The van der Waals surface area contributed by atoms with Crippen molar-refractivity contribution in [3.63, 3.8) is 0 Å². The van der Waals surface area contributed by atoms with E-state index in [4.69, 9.17) is 0 Å². The van der Waals surface area contributed by atoms with Gasteiger partial charge in [0.2, 0.25) is 21.8 Å². The zero-order valence-electron chi connectivity index (χ0n) is 16.7. The van der Waals surface area contributed by atoms with Gasteiger partial charge in [-0.1, -0.05) is 13.3 Å². The van der Waals surface area contributed by atoms with Crippen molar-refractivity contribution in [3.05, 3.63) is 30.1 Å². The second-order valence-corrected chi connectivity index (χ2v) is 9.21. The third-order valence-corrected chi connectivity index (χ3v) is 6.62. The molecule has 2 amide bonds. The van der Waals surface area contributed by atoms with E-state index in [0.717, 1.165) is 37.8 Å². The van der Waals surface area contributed by atoms with E-state index in [2.05, 4.69) is 15.4 Å². The smallest absolute Gasteiger partial charge is 0.240 e. The zero-order valence-corrected chi connectivity index (χ0v) is 17.6. The summed E-state index contributed by atoms with van der Waals surface area (Å²) in [5, 5.41) is 5.44. The Kier molecular flexibility index (Phi) is 9.03. The number of hydrogen-bond donors (Lipinski definition) is 3. The van der Waals surface area contributed by atoms with Gasteiger partial charge in [0.25, 0.3) is 0 Å². The van der Waals surface area contributed by atoms with Crippen LogP contribution >= 0.6 is 0 Å². The number of nitrogens with one attached hydrogen (secondary N) is 3. The Balaban J connectivity index is 1.70. The number of sulfonamides is 1. The summed E-state index contributed by atoms with van der Waals surface area (Å²) >= 11 is 0. The lowest BCUT2D eigenvalue weighted by atomic mass is 9.81. The van der Waals surface area contributed by atoms with Crippen LogP contribution in [0.3, 0.4) is 0 Å². The van der Waals surface area contributed by atoms with Crippen LogP contribution in [0.1, 0.15) is 45.4 Å². The molecule has 0 saturated heterocycles. The molecule has 0 aliphatic heterocycles. The van der Waals surface area contributed by atoms with Gasteiger partial charge in [-0.2, -0.15) is 0 Å². The fraction of sp³-hybridized carbons (Fsp3) is 0.600. The summed E-state index contributed by atoms with van der Waals surface area (Å²) in [4.78, 5) is 23.9. The van der Waals surface area contributed by atoms with E-state index in [1.54, 1.807) is 0 Å². The molecule has 9 heteroatoms. The number of benzene rings is 1. The molecule has 1 saturated carbocycles. The van der Waals surface area contributed by atoms with E-state index >= 15 is 0 Å². The highest BCUT2D eigenvalue weighted by Crippen LogP contribution is 2.28. The van der Waals surface area contributed by atoms with Gasteiger partial charge < -0.3 is 10.6 Å². The Morgan fingerprint density at radius 1 is 1.07 bits per heavy atom. The molecule has 0 atom stereocenters. The molecule has 0 bridgehead atoms. The summed E-state index contributed by atoms with van der Waals surface area (Å²) in [5.74, 6) is -0.800. The van der Waals surface area contributed by atoms with Crippen LogP contribution in [-0.4, -0.2) is 39.9 Å². The monoisotopic (exact) mass is 427 g/mol. The maximum atomic E-state index is 13.0. The molecule has 1 aliphatic carbocycles. The fourth-order valence-electron chi connectivity index (χ4n) is 3.33. The van der Waals surface area contributed by atoms with Crippen molar-refractivity contribution < 1.29 is 22.4 Å². The summed E-state index contributed by atoms with van der Waals surface area (Å²) < 4.78 is 40.1. The van der Waals surface area contributed by atoms with Crippen LogP contribution in [0.2, 0.25) is 0 Å². The molecule has 0 spiro atoms. The van der Waals surface area contributed by atoms with Crippen molar-refractivity contribution >= 4 is 21.8 Å². The topological polar surface area (TPSA) is 104 Å². The molecule has 7 nitrogen and oxygen atoms in total. The summed E-state index contributed by atoms with van der Waals surface area (Å²) in [6, 6.07) is 4.69. The van der Waals surface area contributed by atoms with Crippen molar-refractivity contribution in [2.24, 2.45) is 11.8 Å². The van der Waals surface area contributed by atoms with E-state index in [1.165, 1.54) is 12.1 Å². The first kappa shape index (κ1) is 23.3. The number of rotatable bonds is 10. The number of halogens is 1. The van der Waals surface area contributed by atoms with Crippen molar-refractivity contribution in [3.8, 4) is 0 Å².